The molecule has 1 fully saturated rings. The van der Waals surface area contributed by atoms with Gasteiger partial charge >= 0.3 is 5.97 Å². The number of ether oxygens (including phenoxy) is 2. The van der Waals surface area contributed by atoms with Crippen LogP contribution in [0, 0.1) is 5.82 Å². The van der Waals surface area contributed by atoms with Gasteiger partial charge in [-0.25, -0.2) is 17.6 Å². The van der Waals surface area contributed by atoms with Gasteiger partial charge in [0.25, 0.3) is 5.91 Å². The lowest BCUT2D eigenvalue weighted by Crippen LogP contribution is -2.42. The minimum absolute atomic E-state index is 0.0170. The molecule has 0 aliphatic carbocycles. The third kappa shape index (κ3) is 4.44. The van der Waals surface area contributed by atoms with Crippen LogP contribution in [0.4, 0.5) is 4.39 Å². The Kier molecular flexibility index (Phi) is 5.43. The molecule has 1 saturated heterocycles. The highest BCUT2D eigenvalue weighted by atomic mass is 32.2. The first kappa shape index (κ1) is 18.2. The molecule has 2 atom stereocenters. The van der Waals surface area contributed by atoms with E-state index in [0.717, 1.165) is 6.07 Å². The molecule has 2 rings (SSSR count). The molecule has 7 nitrogen and oxygen atoms in total. The van der Waals surface area contributed by atoms with Crippen LogP contribution in [-0.2, 0) is 19.4 Å². The summed E-state index contributed by atoms with van der Waals surface area (Å²) in [4.78, 5) is 23.9. The summed E-state index contributed by atoms with van der Waals surface area (Å²) in [6.45, 7) is 1.33. The van der Waals surface area contributed by atoms with E-state index in [1.54, 1.807) is 0 Å². The summed E-state index contributed by atoms with van der Waals surface area (Å²) in [6, 6.07) is 3.13. The van der Waals surface area contributed by atoms with Gasteiger partial charge in [0.15, 0.2) is 15.9 Å². The van der Waals surface area contributed by atoms with E-state index in [-0.39, 0.29) is 22.8 Å². The van der Waals surface area contributed by atoms with E-state index in [4.69, 9.17) is 9.47 Å². The summed E-state index contributed by atoms with van der Waals surface area (Å²) in [5.41, 5.74) is -0.320. The molecule has 1 aromatic carbocycles. The zero-order chi connectivity index (χ0) is 17.9. The summed E-state index contributed by atoms with van der Waals surface area (Å²) in [5, 5.41) is 2.51. The minimum Gasteiger partial charge on any atom is -0.497 e. The molecule has 1 heterocycles. The maximum atomic E-state index is 13.8. The topological polar surface area (TPSA) is 98.8 Å². The number of benzene rings is 1. The van der Waals surface area contributed by atoms with Crippen LogP contribution in [0.25, 0.3) is 0 Å². The number of sulfone groups is 1. The number of methoxy groups -OCH3 is 1. The van der Waals surface area contributed by atoms with Gasteiger partial charge in [0.2, 0.25) is 0 Å². The maximum Gasteiger partial charge on any atom is 0.341 e. The Labute approximate surface area is 139 Å². The van der Waals surface area contributed by atoms with Crippen molar-refractivity contribution >= 4 is 21.7 Å². The van der Waals surface area contributed by atoms with Gasteiger partial charge < -0.3 is 14.8 Å². The predicted molar refractivity (Wildman–Crippen MR) is 83.0 cm³/mol. The smallest absolute Gasteiger partial charge is 0.341 e. The number of hydrogen-bond donors (Lipinski definition) is 1. The van der Waals surface area contributed by atoms with E-state index in [1.165, 1.54) is 26.2 Å². The number of hydrogen-bond acceptors (Lipinski definition) is 6. The fourth-order valence-electron chi connectivity index (χ4n) is 2.29. The fraction of sp³-hybridized carbons (Fsp3) is 0.467. The summed E-state index contributed by atoms with van der Waals surface area (Å²) in [7, 11) is -1.77. The molecule has 24 heavy (non-hydrogen) atoms. The molecule has 0 radical (unpaired) electrons. The minimum atomic E-state index is -3.13. The van der Waals surface area contributed by atoms with Gasteiger partial charge in [0.1, 0.15) is 11.6 Å². The highest BCUT2D eigenvalue weighted by molar-refractivity contribution is 7.91. The molecule has 0 unspecified atom stereocenters. The van der Waals surface area contributed by atoms with Crippen LogP contribution in [0.3, 0.4) is 0 Å². The lowest BCUT2D eigenvalue weighted by molar-refractivity contribution is -0.129. The molecule has 132 valence electrons. The van der Waals surface area contributed by atoms with Crippen molar-refractivity contribution in [1.82, 2.24) is 5.32 Å². The Bertz CT molecular complexity index is 748. The monoisotopic (exact) mass is 359 g/mol. The van der Waals surface area contributed by atoms with Crippen LogP contribution in [-0.4, -0.2) is 51.1 Å². The van der Waals surface area contributed by atoms with Crippen LogP contribution >= 0.6 is 0 Å². The lowest BCUT2D eigenvalue weighted by atomic mass is 10.2. The molecule has 1 N–H and O–H groups in total. The molecule has 1 aromatic rings. The summed E-state index contributed by atoms with van der Waals surface area (Å²) in [6.07, 6.45) is -0.857. The SMILES string of the molecule is COc1ccc(C(=O)O[C@@H](C)C(=O)N[C@@H]2CCS(=O)(=O)C2)c(F)c1. The third-order valence-electron chi connectivity index (χ3n) is 3.63. The molecule has 9 heteroatoms. The molecular weight excluding hydrogens is 341 g/mol. The Balaban J connectivity index is 1.95. The van der Waals surface area contributed by atoms with Crippen LogP contribution in [0.2, 0.25) is 0 Å². The van der Waals surface area contributed by atoms with E-state index in [9.17, 15) is 22.4 Å². The summed E-state index contributed by atoms with van der Waals surface area (Å²) < 4.78 is 46.3. The summed E-state index contributed by atoms with van der Waals surface area (Å²) in [5.74, 6) is -2.31. The van der Waals surface area contributed by atoms with Crippen LogP contribution in [0.5, 0.6) is 5.75 Å². The van der Waals surface area contributed by atoms with Crippen molar-refractivity contribution in [3.05, 3.63) is 29.6 Å². The fourth-order valence-corrected chi connectivity index (χ4v) is 3.97. The van der Waals surface area contributed by atoms with E-state index >= 15 is 0 Å². The van der Waals surface area contributed by atoms with Gasteiger partial charge in [-0.3, -0.25) is 4.79 Å². The van der Waals surface area contributed by atoms with Gasteiger partial charge in [-0.15, -0.1) is 0 Å². The van der Waals surface area contributed by atoms with Crippen molar-refractivity contribution in [2.75, 3.05) is 18.6 Å². The molecule has 1 amide bonds. The first-order chi connectivity index (χ1) is 11.2. The molecule has 1 aliphatic rings. The average Bonchev–Trinajstić information content (AvgIpc) is 2.85. The van der Waals surface area contributed by atoms with Crippen LogP contribution in [0.15, 0.2) is 18.2 Å². The highest BCUT2D eigenvalue weighted by Gasteiger charge is 2.31. The zero-order valence-electron chi connectivity index (χ0n) is 13.2. The second-order valence-corrected chi connectivity index (χ2v) is 7.73. The van der Waals surface area contributed by atoms with Gasteiger partial charge in [0, 0.05) is 12.1 Å². The molecule has 0 bridgehead atoms. The Hall–Kier alpha value is -2.16. The van der Waals surface area contributed by atoms with E-state index in [0.29, 0.717) is 6.42 Å². The zero-order valence-corrected chi connectivity index (χ0v) is 14.1. The lowest BCUT2D eigenvalue weighted by Gasteiger charge is -2.16. The Morgan fingerprint density at radius 3 is 2.62 bits per heavy atom. The van der Waals surface area contributed by atoms with Gasteiger partial charge in [-0.2, -0.15) is 0 Å². The van der Waals surface area contributed by atoms with Gasteiger partial charge in [-0.1, -0.05) is 0 Å². The number of esters is 1. The van der Waals surface area contributed by atoms with Crippen molar-refractivity contribution < 1.29 is 31.9 Å². The normalized spacial score (nSPS) is 20.2. The number of carbonyl (C=O) groups is 2. The van der Waals surface area contributed by atoms with Gasteiger partial charge in [0.05, 0.1) is 24.2 Å². The second kappa shape index (κ2) is 7.16. The number of rotatable bonds is 5. The number of halogens is 1. The molecule has 0 aromatic heterocycles. The molecule has 1 aliphatic heterocycles. The van der Waals surface area contributed by atoms with E-state index in [2.05, 4.69) is 5.32 Å². The maximum absolute atomic E-state index is 13.8. The van der Waals surface area contributed by atoms with Crippen molar-refractivity contribution in [1.29, 1.82) is 0 Å². The highest BCUT2D eigenvalue weighted by Crippen LogP contribution is 2.18. The summed E-state index contributed by atoms with van der Waals surface area (Å²) >= 11 is 0. The van der Waals surface area contributed by atoms with E-state index in [1.807, 2.05) is 0 Å². The molecule has 0 saturated carbocycles. The van der Waals surface area contributed by atoms with Gasteiger partial charge in [-0.05, 0) is 25.5 Å². The van der Waals surface area contributed by atoms with Crippen LogP contribution in [0.1, 0.15) is 23.7 Å². The number of carbonyl (C=O) groups excluding carboxylic acids is 2. The quantitative estimate of drug-likeness (QED) is 0.777. The van der Waals surface area contributed by atoms with Crippen molar-refractivity contribution in [3.63, 3.8) is 0 Å². The van der Waals surface area contributed by atoms with Crippen molar-refractivity contribution in [2.45, 2.75) is 25.5 Å². The number of amides is 1. The molecule has 0 spiro atoms. The Morgan fingerprint density at radius 2 is 2.08 bits per heavy atom. The first-order valence-corrected chi connectivity index (χ1v) is 9.09. The van der Waals surface area contributed by atoms with Crippen LogP contribution < -0.4 is 10.1 Å². The first-order valence-electron chi connectivity index (χ1n) is 7.27. The predicted octanol–water partition coefficient (Wildman–Crippen LogP) is 0.683. The van der Waals surface area contributed by atoms with E-state index < -0.39 is 39.7 Å². The van der Waals surface area contributed by atoms with Crippen molar-refractivity contribution in [3.8, 4) is 5.75 Å². The third-order valence-corrected chi connectivity index (χ3v) is 5.40. The number of nitrogens with one attached hydrogen (secondary N) is 1. The average molecular weight is 359 g/mol. The molecular formula is C15H18FNO6S. The van der Waals surface area contributed by atoms with Crippen molar-refractivity contribution in [2.24, 2.45) is 0 Å². The largest absolute Gasteiger partial charge is 0.497 e. The second-order valence-electron chi connectivity index (χ2n) is 5.50. The Morgan fingerprint density at radius 1 is 1.38 bits per heavy atom. The standard InChI is InChI=1S/C15H18FNO6S/c1-9(14(18)17-10-5-6-24(20,21)8-10)23-15(19)12-4-3-11(22-2)7-13(12)16/h3-4,7,9-10H,5-6,8H2,1-2H3,(H,17,18)/t9-,10+/m0/s1.